The predicted octanol–water partition coefficient (Wildman–Crippen LogP) is 3.15. The Morgan fingerprint density at radius 3 is 2.50 bits per heavy atom. The molecule has 3 rings (SSSR count). The second kappa shape index (κ2) is 8.71. The van der Waals surface area contributed by atoms with Gasteiger partial charge in [0.05, 0.1) is 18.7 Å². The highest BCUT2D eigenvalue weighted by molar-refractivity contribution is 6.46. The molecule has 0 aliphatic carbocycles. The van der Waals surface area contributed by atoms with Crippen LogP contribution in [0.4, 0.5) is 0 Å². The molecule has 0 aromatic heterocycles. The maximum absolute atomic E-state index is 12.8. The SMILES string of the molecule is COCCCN1C(=O)C(=O)/C(=C(/O)c2ccccc2)[C@@H]1c1cccc(OC)c1. The molecule has 0 radical (unpaired) electrons. The van der Waals surface area contributed by atoms with Crippen molar-refractivity contribution in [3.8, 4) is 5.75 Å². The third-order valence-electron chi connectivity index (χ3n) is 4.74. The summed E-state index contributed by atoms with van der Waals surface area (Å²) in [5, 5.41) is 10.9. The van der Waals surface area contributed by atoms with Crippen LogP contribution in [0, 0.1) is 0 Å². The lowest BCUT2D eigenvalue weighted by molar-refractivity contribution is -0.140. The summed E-state index contributed by atoms with van der Waals surface area (Å²) >= 11 is 0. The van der Waals surface area contributed by atoms with Crippen LogP contribution in [0.2, 0.25) is 0 Å². The van der Waals surface area contributed by atoms with Crippen molar-refractivity contribution in [1.29, 1.82) is 0 Å². The monoisotopic (exact) mass is 381 g/mol. The van der Waals surface area contributed by atoms with E-state index in [-0.39, 0.29) is 11.3 Å². The predicted molar refractivity (Wildman–Crippen MR) is 105 cm³/mol. The molecule has 2 aromatic carbocycles. The lowest BCUT2D eigenvalue weighted by Gasteiger charge is -2.25. The van der Waals surface area contributed by atoms with Crippen LogP contribution in [0.15, 0.2) is 60.2 Å². The molecule has 1 N–H and O–H groups in total. The highest BCUT2D eigenvalue weighted by Crippen LogP contribution is 2.40. The number of rotatable bonds is 7. The Kier molecular flexibility index (Phi) is 6.11. The van der Waals surface area contributed by atoms with Gasteiger partial charge in [-0.05, 0) is 24.1 Å². The number of carbonyl (C=O) groups excluding carboxylic acids is 2. The Morgan fingerprint density at radius 2 is 1.82 bits per heavy atom. The van der Waals surface area contributed by atoms with E-state index in [1.807, 2.05) is 12.1 Å². The van der Waals surface area contributed by atoms with Crippen LogP contribution in [-0.2, 0) is 14.3 Å². The first-order valence-electron chi connectivity index (χ1n) is 9.05. The van der Waals surface area contributed by atoms with Gasteiger partial charge in [-0.2, -0.15) is 0 Å². The lowest BCUT2D eigenvalue weighted by atomic mass is 9.95. The topological polar surface area (TPSA) is 76.1 Å². The number of Topliss-reactive ketones (excluding diaryl/α,β-unsaturated/α-hetero) is 1. The van der Waals surface area contributed by atoms with Crippen molar-refractivity contribution in [3.05, 3.63) is 71.3 Å². The smallest absolute Gasteiger partial charge is 0.295 e. The molecule has 2 aromatic rings. The number of ether oxygens (including phenoxy) is 2. The van der Waals surface area contributed by atoms with E-state index in [4.69, 9.17) is 9.47 Å². The van der Waals surface area contributed by atoms with Gasteiger partial charge < -0.3 is 19.5 Å². The Morgan fingerprint density at radius 1 is 1.07 bits per heavy atom. The summed E-state index contributed by atoms with van der Waals surface area (Å²) in [4.78, 5) is 27.1. The molecule has 1 amide bonds. The number of likely N-dealkylation sites (tertiary alicyclic amines) is 1. The van der Waals surface area contributed by atoms with Crippen LogP contribution < -0.4 is 4.74 Å². The molecule has 6 nitrogen and oxygen atoms in total. The number of aliphatic hydroxyl groups is 1. The Hall–Kier alpha value is -3.12. The van der Waals surface area contributed by atoms with Gasteiger partial charge >= 0.3 is 0 Å². The van der Waals surface area contributed by atoms with E-state index in [0.29, 0.717) is 36.4 Å². The quantitative estimate of drug-likeness (QED) is 0.345. The van der Waals surface area contributed by atoms with Gasteiger partial charge in [0.15, 0.2) is 0 Å². The van der Waals surface area contributed by atoms with E-state index in [9.17, 15) is 14.7 Å². The summed E-state index contributed by atoms with van der Waals surface area (Å²) in [5.74, 6) is -0.881. The van der Waals surface area contributed by atoms with Crippen LogP contribution in [0.25, 0.3) is 5.76 Å². The third kappa shape index (κ3) is 3.77. The zero-order valence-electron chi connectivity index (χ0n) is 15.9. The number of carbonyl (C=O) groups is 2. The molecule has 1 heterocycles. The molecule has 146 valence electrons. The minimum absolute atomic E-state index is 0.0851. The van der Waals surface area contributed by atoms with E-state index in [1.54, 1.807) is 56.7 Å². The third-order valence-corrected chi connectivity index (χ3v) is 4.74. The average Bonchev–Trinajstić information content (AvgIpc) is 2.99. The zero-order valence-corrected chi connectivity index (χ0v) is 15.9. The number of nitrogens with zero attached hydrogens (tertiary/aromatic N) is 1. The Balaban J connectivity index is 2.12. The Labute approximate surface area is 164 Å². The van der Waals surface area contributed by atoms with Gasteiger partial charge in [0.1, 0.15) is 11.5 Å². The first-order valence-corrected chi connectivity index (χ1v) is 9.05. The van der Waals surface area contributed by atoms with Gasteiger partial charge in [0.25, 0.3) is 11.7 Å². The standard InChI is InChI=1S/C22H23NO5/c1-27-13-7-12-23-19(16-10-6-11-17(14-16)28-2)18(21(25)22(23)26)20(24)15-8-4-3-5-9-15/h3-6,8-11,14,19,24H,7,12-13H2,1-2H3/b20-18+/t19-/m0/s1. The molecule has 1 atom stereocenters. The second-order valence-electron chi connectivity index (χ2n) is 6.48. The molecule has 0 unspecified atom stereocenters. The maximum Gasteiger partial charge on any atom is 0.295 e. The second-order valence-corrected chi connectivity index (χ2v) is 6.48. The number of amides is 1. The first-order chi connectivity index (χ1) is 13.6. The lowest BCUT2D eigenvalue weighted by Crippen LogP contribution is -2.31. The fraction of sp³-hybridized carbons (Fsp3) is 0.273. The molecule has 28 heavy (non-hydrogen) atoms. The molecule has 1 fully saturated rings. The van der Waals surface area contributed by atoms with Gasteiger partial charge in [-0.1, -0.05) is 42.5 Å². The minimum Gasteiger partial charge on any atom is -0.507 e. The van der Waals surface area contributed by atoms with Crippen LogP contribution in [-0.4, -0.2) is 49.1 Å². The van der Waals surface area contributed by atoms with Crippen molar-refractivity contribution in [2.24, 2.45) is 0 Å². The molecule has 1 saturated heterocycles. The van der Waals surface area contributed by atoms with Crippen LogP contribution in [0.1, 0.15) is 23.6 Å². The van der Waals surface area contributed by atoms with E-state index in [0.717, 1.165) is 0 Å². The number of methoxy groups -OCH3 is 2. The Bertz CT molecular complexity index is 891. The van der Waals surface area contributed by atoms with E-state index >= 15 is 0 Å². The molecule has 0 saturated carbocycles. The summed E-state index contributed by atoms with van der Waals surface area (Å²) in [6, 6.07) is 15.3. The van der Waals surface area contributed by atoms with Gasteiger partial charge in [-0.25, -0.2) is 0 Å². The maximum atomic E-state index is 12.8. The van der Waals surface area contributed by atoms with Crippen LogP contribution >= 0.6 is 0 Å². The number of aliphatic hydroxyl groups excluding tert-OH is 1. The van der Waals surface area contributed by atoms with Crippen molar-refractivity contribution in [2.75, 3.05) is 27.4 Å². The summed E-state index contributed by atoms with van der Waals surface area (Å²) < 4.78 is 10.4. The average molecular weight is 381 g/mol. The summed E-state index contributed by atoms with van der Waals surface area (Å²) in [6.07, 6.45) is 0.579. The van der Waals surface area contributed by atoms with Crippen molar-refractivity contribution < 1.29 is 24.2 Å². The molecule has 1 aliphatic rings. The number of hydrogen-bond acceptors (Lipinski definition) is 5. The largest absolute Gasteiger partial charge is 0.507 e. The van der Waals surface area contributed by atoms with Crippen molar-refractivity contribution >= 4 is 17.4 Å². The van der Waals surface area contributed by atoms with E-state index < -0.39 is 17.7 Å². The van der Waals surface area contributed by atoms with Crippen molar-refractivity contribution in [2.45, 2.75) is 12.5 Å². The number of ketones is 1. The van der Waals surface area contributed by atoms with Crippen molar-refractivity contribution in [3.63, 3.8) is 0 Å². The molecule has 1 aliphatic heterocycles. The van der Waals surface area contributed by atoms with Gasteiger partial charge in [-0.3, -0.25) is 9.59 Å². The summed E-state index contributed by atoms with van der Waals surface area (Å²) in [6.45, 7) is 0.804. The number of benzene rings is 2. The fourth-order valence-electron chi connectivity index (χ4n) is 3.40. The first kappa shape index (κ1) is 19.6. The van der Waals surface area contributed by atoms with Crippen molar-refractivity contribution in [1.82, 2.24) is 4.90 Å². The zero-order chi connectivity index (χ0) is 20.1. The summed E-state index contributed by atoms with van der Waals surface area (Å²) in [5.41, 5.74) is 1.28. The van der Waals surface area contributed by atoms with Crippen LogP contribution in [0.3, 0.4) is 0 Å². The van der Waals surface area contributed by atoms with Gasteiger partial charge in [0.2, 0.25) is 0 Å². The van der Waals surface area contributed by atoms with Gasteiger partial charge in [-0.15, -0.1) is 0 Å². The van der Waals surface area contributed by atoms with E-state index in [2.05, 4.69) is 0 Å². The normalized spacial score (nSPS) is 18.5. The molecule has 0 bridgehead atoms. The fourth-order valence-corrected chi connectivity index (χ4v) is 3.40. The van der Waals surface area contributed by atoms with E-state index in [1.165, 1.54) is 4.90 Å². The molecular formula is C22H23NO5. The van der Waals surface area contributed by atoms with Gasteiger partial charge in [0, 0.05) is 25.8 Å². The summed E-state index contributed by atoms with van der Waals surface area (Å²) in [7, 11) is 3.14. The van der Waals surface area contributed by atoms with Crippen LogP contribution in [0.5, 0.6) is 5.75 Å². The highest BCUT2D eigenvalue weighted by atomic mass is 16.5. The molecule has 6 heteroatoms. The highest BCUT2D eigenvalue weighted by Gasteiger charge is 2.45. The minimum atomic E-state index is -0.688. The molecule has 0 spiro atoms. The number of hydrogen-bond donors (Lipinski definition) is 1. The molecular weight excluding hydrogens is 358 g/mol.